The van der Waals surface area contributed by atoms with Crippen LogP contribution in [0.5, 0.6) is 0 Å². The van der Waals surface area contributed by atoms with Crippen LogP contribution in [0, 0.1) is 17.2 Å². The molecule has 0 saturated heterocycles. The molecule has 1 fully saturated rings. The molecule has 0 amide bonds. The minimum absolute atomic E-state index is 0.0975. The fourth-order valence-electron chi connectivity index (χ4n) is 2.15. The van der Waals surface area contributed by atoms with Gasteiger partial charge in [-0.3, -0.25) is 4.79 Å². The highest BCUT2D eigenvalue weighted by Crippen LogP contribution is 2.41. The van der Waals surface area contributed by atoms with E-state index >= 15 is 0 Å². The van der Waals surface area contributed by atoms with Crippen LogP contribution >= 0.6 is 22.7 Å². The molecular formula is C15H15N3OS2. The lowest BCUT2D eigenvalue weighted by atomic mass is 10.1. The molecule has 3 rings (SSSR count). The van der Waals surface area contributed by atoms with Gasteiger partial charge in [0.25, 0.3) is 0 Å². The molecule has 6 heteroatoms. The third-order valence-corrected chi connectivity index (χ3v) is 5.58. The highest BCUT2D eigenvalue weighted by molar-refractivity contribution is 7.19. The Morgan fingerprint density at radius 2 is 2.33 bits per heavy atom. The zero-order valence-corrected chi connectivity index (χ0v) is 13.0. The Morgan fingerprint density at radius 3 is 2.95 bits per heavy atom. The van der Waals surface area contributed by atoms with Crippen LogP contribution in [0.15, 0.2) is 17.5 Å². The quantitative estimate of drug-likeness (QED) is 0.799. The predicted molar refractivity (Wildman–Crippen MR) is 87.0 cm³/mol. The second kappa shape index (κ2) is 5.88. The van der Waals surface area contributed by atoms with Gasteiger partial charge in [0.05, 0.1) is 10.6 Å². The summed E-state index contributed by atoms with van der Waals surface area (Å²) >= 11 is 3.03. The fraction of sp³-hybridized carbons (Fsp3) is 0.333. The van der Waals surface area contributed by atoms with E-state index in [-0.39, 0.29) is 11.7 Å². The van der Waals surface area contributed by atoms with Crippen molar-refractivity contribution in [2.24, 2.45) is 5.92 Å². The van der Waals surface area contributed by atoms with Gasteiger partial charge in [-0.2, -0.15) is 5.26 Å². The van der Waals surface area contributed by atoms with Crippen molar-refractivity contribution >= 4 is 39.1 Å². The lowest BCUT2D eigenvalue weighted by molar-refractivity contribution is 0.0972. The largest absolute Gasteiger partial charge is 0.396 e. The van der Waals surface area contributed by atoms with Gasteiger partial charge in [-0.1, -0.05) is 6.07 Å². The number of nitrogens with zero attached hydrogens (tertiary/aromatic N) is 1. The van der Waals surface area contributed by atoms with Crippen LogP contribution in [0.1, 0.15) is 33.0 Å². The Kier molecular flexibility index (Phi) is 3.95. The molecule has 0 radical (unpaired) electrons. The van der Waals surface area contributed by atoms with Gasteiger partial charge in [0.2, 0.25) is 0 Å². The number of carbonyl (C=O) groups is 1. The topological polar surface area (TPSA) is 78.9 Å². The first-order valence-corrected chi connectivity index (χ1v) is 8.53. The number of thiophene rings is 2. The molecule has 1 aliphatic rings. The van der Waals surface area contributed by atoms with Crippen molar-refractivity contribution in [2.75, 3.05) is 17.6 Å². The zero-order chi connectivity index (χ0) is 14.8. The standard InChI is InChI=1S/C15H15N3OS2/c16-8-11-12(17)14(13(19)9-3-4-9)21-15(11)18-6-5-10-2-1-7-20-10/h1-2,7,9,18H,3-6,17H2. The summed E-state index contributed by atoms with van der Waals surface area (Å²) in [6.45, 7) is 0.728. The molecule has 3 N–H and O–H groups in total. The van der Waals surface area contributed by atoms with Crippen molar-refractivity contribution in [3.8, 4) is 6.07 Å². The van der Waals surface area contributed by atoms with E-state index < -0.39 is 0 Å². The predicted octanol–water partition coefficient (Wildman–Crippen LogP) is 3.51. The number of nitrogen functional groups attached to an aromatic ring is 1. The smallest absolute Gasteiger partial charge is 0.178 e. The van der Waals surface area contributed by atoms with Crippen LogP contribution in [0.4, 0.5) is 10.7 Å². The Balaban J connectivity index is 1.73. The van der Waals surface area contributed by atoms with E-state index in [0.717, 1.165) is 30.8 Å². The number of rotatable bonds is 6. The van der Waals surface area contributed by atoms with Crippen molar-refractivity contribution in [3.05, 3.63) is 32.8 Å². The van der Waals surface area contributed by atoms with Crippen LogP contribution in [0.25, 0.3) is 0 Å². The molecule has 2 aromatic heterocycles. The number of hydrogen-bond donors (Lipinski definition) is 2. The van der Waals surface area contributed by atoms with Gasteiger partial charge < -0.3 is 11.1 Å². The normalized spacial score (nSPS) is 13.9. The van der Waals surface area contributed by atoms with Gasteiger partial charge in [0, 0.05) is 17.3 Å². The van der Waals surface area contributed by atoms with E-state index in [1.807, 2.05) is 11.4 Å². The maximum atomic E-state index is 12.2. The van der Waals surface area contributed by atoms with Crippen LogP contribution < -0.4 is 11.1 Å². The molecule has 0 aliphatic heterocycles. The molecule has 0 atom stereocenters. The molecule has 4 nitrogen and oxygen atoms in total. The maximum Gasteiger partial charge on any atom is 0.178 e. The average Bonchev–Trinajstić information content (AvgIpc) is 3.11. The average molecular weight is 317 g/mol. The van der Waals surface area contributed by atoms with E-state index in [4.69, 9.17) is 5.73 Å². The summed E-state index contributed by atoms with van der Waals surface area (Å²) < 4.78 is 0. The lowest BCUT2D eigenvalue weighted by Crippen LogP contribution is -2.04. The van der Waals surface area contributed by atoms with Crippen LogP contribution in [0.3, 0.4) is 0 Å². The minimum Gasteiger partial charge on any atom is -0.396 e. The molecule has 0 aromatic carbocycles. The third-order valence-electron chi connectivity index (χ3n) is 3.47. The van der Waals surface area contributed by atoms with Crippen molar-refractivity contribution < 1.29 is 4.79 Å². The molecule has 0 bridgehead atoms. The van der Waals surface area contributed by atoms with Gasteiger partial charge in [0.1, 0.15) is 16.6 Å². The van der Waals surface area contributed by atoms with E-state index in [9.17, 15) is 10.1 Å². The van der Waals surface area contributed by atoms with Crippen molar-refractivity contribution in [1.82, 2.24) is 0 Å². The Hall–Kier alpha value is -1.84. The first-order valence-electron chi connectivity index (χ1n) is 6.83. The fourth-order valence-corrected chi connectivity index (χ4v) is 3.97. The third kappa shape index (κ3) is 2.94. The maximum absolute atomic E-state index is 12.2. The second-order valence-electron chi connectivity index (χ2n) is 5.06. The van der Waals surface area contributed by atoms with Gasteiger partial charge in [-0.15, -0.1) is 22.7 Å². The number of anilines is 2. The molecule has 0 unspecified atom stereocenters. The van der Waals surface area contributed by atoms with Crippen LogP contribution in [-0.4, -0.2) is 12.3 Å². The molecule has 0 spiro atoms. The highest BCUT2D eigenvalue weighted by atomic mass is 32.1. The first kappa shape index (κ1) is 14.1. The molecule has 2 aromatic rings. The Morgan fingerprint density at radius 1 is 1.52 bits per heavy atom. The van der Waals surface area contributed by atoms with Gasteiger partial charge >= 0.3 is 0 Å². The van der Waals surface area contributed by atoms with Gasteiger partial charge in [-0.05, 0) is 30.7 Å². The van der Waals surface area contributed by atoms with E-state index in [0.29, 0.717) is 16.1 Å². The molecule has 1 saturated carbocycles. The molecule has 21 heavy (non-hydrogen) atoms. The lowest BCUT2D eigenvalue weighted by Gasteiger charge is -2.02. The second-order valence-corrected chi connectivity index (χ2v) is 7.11. The van der Waals surface area contributed by atoms with Crippen molar-refractivity contribution in [2.45, 2.75) is 19.3 Å². The number of carbonyl (C=O) groups excluding carboxylic acids is 1. The van der Waals surface area contributed by atoms with E-state index in [2.05, 4.69) is 17.5 Å². The Labute approximate surface area is 131 Å². The summed E-state index contributed by atoms with van der Waals surface area (Å²) in [5.74, 6) is 0.219. The van der Waals surface area contributed by atoms with Gasteiger partial charge in [0.15, 0.2) is 5.78 Å². The SMILES string of the molecule is N#Cc1c(NCCc2cccs2)sc(C(=O)C2CC2)c1N. The number of nitriles is 1. The highest BCUT2D eigenvalue weighted by Gasteiger charge is 2.34. The monoisotopic (exact) mass is 317 g/mol. The van der Waals surface area contributed by atoms with Crippen LogP contribution in [-0.2, 0) is 6.42 Å². The number of hydrogen-bond acceptors (Lipinski definition) is 6. The Bertz CT molecular complexity index is 693. The zero-order valence-electron chi connectivity index (χ0n) is 11.4. The summed E-state index contributed by atoms with van der Waals surface area (Å²) in [5, 5.41) is 15.3. The summed E-state index contributed by atoms with van der Waals surface area (Å²) in [7, 11) is 0. The van der Waals surface area contributed by atoms with E-state index in [1.165, 1.54) is 16.2 Å². The molecular weight excluding hydrogens is 302 g/mol. The number of nitrogens with one attached hydrogen (secondary N) is 1. The summed E-state index contributed by atoms with van der Waals surface area (Å²) in [6, 6.07) is 6.23. The first-order chi connectivity index (χ1) is 10.2. The van der Waals surface area contributed by atoms with E-state index in [1.54, 1.807) is 11.3 Å². The summed E-state index contributed by atoms with van der Waals surface area (Å²) in [4.78, 5) is 14.0. The van der Waals surface area contributed by atoms with Gasteiger partial charge in [-0.25, -0.2) is 0 Å². The molecule has 108 valence electrons. The summed E-state index contributed by atoms with van der Waals surface area (Å²) in [6.07, 6.45) is 2.78. The molecule has 2 heterocycles. The van der Waals surface area contributed by atoms with Crippen molar-refractivity contribution in [1.29, 1.82) is 5.26 Å². The number of ketones is 1. The summed E-state index contributed by atoms with van der Waals surface area (Å²) in [5.41, 5.74) is 6.73. The number of nitrogens with two attached hydrogens (primary N) is 1. The minimum atomic E-state index is 0.0975. The molecule has 1 aliphatic carbocycles. The van der Waals surface area contributed by atoms with Crippen molar-refractivity contribution in [3.63, 3.8) is 0 Å². The van der Waals surface area contributed by atoms with Crippen LogP contribution in [0.2, 0.25) is 0 Å². The number of Topliss-reactive ketones (excluding diaryl/α,β-unsaturated/α-hetero) is 1.